The molecule has 110 valence electrons. The molecule has 2 heterocycles. The minimum Gasteiger partial charge on any atom is -0.389 e. The van der Waals surface area contributed by atoms with Crippen LogP contribution >= 0.6 is 12.2 Å². The largest absolute Gasteiger partial charge is 0.389 e. The van der Waals surface area contributed by atoms with E-state index in [2.05, 4.69) is 19.8 Å². The zero-order valence-corrected chi connectivity index (χ0v) is 12.7. The molecule has 1 aliphatic heterocycles. The molecule has 0 atom stereocenters. The van der Waals surface area contributed by atoms with Crippen LogP contribution in [0.3, 0.4) is 0 Å². The van der Waals surface area contributed by atoms with Crippen LogP contribution in [0, 0.1) is 0 Å². The summed E-state index contributed by atoms with van der Waals surface area (Å²) >= 11 is 4.86. The van der Waals surface area contributed by atoms with Gasteiger partial charge in [0, 0.05) is 32.7 Å². The molecule has 1 fully saturated rings. The number of β-amino-alcohol motifs (C(OH)–C–C–N with tert-alkyl or cyclic N) is 1. The third kappa shape index (κ3) is 4.09. The maximum atomic E-state index is 9.83. The topological polar surface area (TPSA) is 78.5 Å². The highest BCUT2D eigenvalue weighted by atomic mass is 32.1. The lowest BCUT2D eigenvalue weighted by Gasteiger charge is -2.37. The third-order valence-corrected chi connectivity index (χ3v) is 3.41. The van der Waals surface area contributed by atoms with Crippen LogP contribution in [-0.4, -0.2) is 63.3 Å². The van der Waals surface area contributed by atoms with Gasteiger partial charge in [0.1, 0.15) is 16.5 Å². The van der Waals surface area contributed by atoms with E-state index < -0.39 is 5.60 Å². The number of piperazine rings is 1. The summed E-state index contributed by atoms with van der Waals surface area (Å²) in [6.45, 7) is 7.91. The number of nitrogens with zero attached hydrogens (tertiary/aromatic N) is 4. The van der Waals surface area contributed by atoms with Crippen molar-refractivity contribution in [2.75, 3.05) is 37.6 Å². The molecule has 3 N–H and O–H groups in total. The minimum atomic E-state index is -0.652. The zero-order valence-electron chi connectivity index (χ0n) is 11.9. The zero-order chi connectivity index (χ0) is 14.8. The first kappa shape index (κ1) is 15.1. The first-order chi connectivity index (χ1) is 9.35. The second-order valence-electron chi connectivity index (χ2n) is 5.70. The van der Waals surface area contributed by atoms with E-state index in [1.807, 2.05) is 13.8 Å². The molecule has 0 saturated carbocycles. The Kier molecular flexibility index (Phi) is 4.52. The average Bonchev–Trinajstić information content (AvgIpc) is 2.38. The summed E-state index contributed by atoms with van der Waals surface area (Å²) in [5, 5.41) is 9.83. The normalized spacial score (nSPS) is 17.2. The van der Waals surface area contributed by atoms with Crippen molar-refractivity contribution in [2.24, 2.45) is 5.73 Å². The predicted molar refractivity (Wildman–Crippen MR) is 82.9 cm³/mol. The second kappa shape index (κ2) is 5.99. The Morgan fingerprint density at radius 1 is 1.30 bits per heavy atom. The molecule has 20 heavy (non-hydrogen) atoms. The first-order valence-corrected chi connectivity index (χ1v) is 7.07. The van der Waals surface area contributed by atoms with Gasteiger partial charge in [-0.15, -0.1) is 0 Å². The molecular formula is C13H21N5OS. The van der Waals surface area contributed by atoms with Crippen LogP contribution in [0.2, 0.25) is 0 Å². The predicted octanol–water partition coefficient (Wildman–Crippen LogP) is 0.00370. The molecule has 0 unspecified atom stereocenters. The molecule has 0 amide bonds. The number of anilines is 1. The van der Waals surface area contributed by atoms with Gasteiger partial charge in [0.25, 0.3) is 0 Å². The van der Waals surface area contributed by atoms with Gasteiger partial charge in [-0.1, -0.05) is 12.2 Å². The second-order valence-corrected chi connectivity index (χ2v) is 6.14. The lowest BCUT2D eigenvalue weighted by atomic mass is 10.1. The highest BCUT2D eigenvalue weighted by molar-refractivity contribution is 7.80. The molecule has 0 aromatic carbocycles. The van der Waals surface area contributed by atoms with Gasteiger partial charge in [0.05, 0.1) is 18.0 Å². The number of thiocarbonyl (C=S) groups is 1. The van der Waals surface area contributed by atoms with Gasteiger partial charge < -0.3 is 15.7 Å². The van der Waals surface area contributed by atoms with E-state index in [1.165, 1.54) is 0 Å². The van der Waals surface area contributed by atoms with E-state index in [9.17, 15) is 5.11 Å². The number of nitrogens with two attached hydrogens (primary N) is 1. The van der Waals surface area contributed by atoms with Gasteiger partial charge in [0.15, 0.2) is 0 Å². The molecule has 0 spiro atoms. The summed E-state index contributed by atoms with van der Waals surface area (Å²) in [6.07, 6.45) is 3.32. The van der Waals surface area contributed by atoms with Crippen molar-refractivity contribution in [3.8, 4) is 0 Å². The maximum Gasteiger partial charge on any atom is 0.147 e. The van der Waals surface area contributed by atoms with Gasteiger partial charge in [0.2, 0.25) is 0 Å². The van der Waals surface area contributed by atoms with Gasteiger partial charge in [-0.2, -0.15) is 0 Å². The molecule has 1 aromatic heterocycles. The lowest BCUT2D eigenvalue weighted by molar-refractivity contribution is 0.0344. The Morgan fingerprint density at radius 3 is 2.40 bits per heavy atom. The summed E-state index contributed by atoms with van der Waals surface area (Å²) in [7, 11) is 0. The van der Waals surface area contributed by atoms with Gasteiger partial charge in [-0.25, -0.2) is 9.97 Å². The Morgan fingerprint density at radius 2 is 1.95 bits per heavy atom. The van der Waals surface area contributed by atoms with Crippen molar-refractivity contribution in [3.05, 3.63) is 18.1 Å². The van der Waals surface area contributed by atoms with Crippen LogP contribution in [-0.2, 0) is 0 Å². The first-order valence-electron chi connectivity index (χ1n) is 6.67. The smallest absolute Gasteiger partial charge is 0.147 e. The molecule has 0 radical (unpaired) electrons. The van der Waals surface area contributed by atoms with Gasteiger partial charge >= 0.3 is 0 Å². The van der Waals surface area contributed by atoms with Crippen molar-refractivity contribution in [1.82, 2.24) is 14.9 Å². The SMILES string of the molecule is CC(C)(O)CN1CCN(c2cnc(C(N)=S)cn2)CC1. The Labute approximate surface area is 124 Å². The van der Waals surface area contributed by atoms with E-state index >= 15 is 0 Å². The molecule has 1 saturated heterocycles. The van der Waals surface area contributed by atoms with Gasteiger partial charge in [-0.05, 0) is 13.8 Å². The summed E-state index contributed by atoms with van der Waals surface area (Å²) in [4.78, 5) is 13.3. The fraction of sp³-hybridized carbons (Fsp3) is 0.615. The van der Waals surface area contributed by atoms with Crippen LogP contribution < -0.4 is 10.6 Å². The molecule has 6 nitrogen and oxygen atoms in total. The molecule has 0 aliphatic carbocycles. The number of hydrogen-bond acceptors (Lipinski definition) is 6. The van der Waals surface area contributed by atoms with E-state index in [-0.39, 0.29) is 4.99 Å². The highest BCUT2D eigenvalue weighted by Gasteiger charge is 2.23. The van der Waals surface area contributed by atoms with E-state index in [1.54, 1.807) is 12.4 Å². The summed E-state index contributed by atoms with van der Waals surface area (Å²) < 4.78 is 0. The Balaban J connectivity index is 1.92. The van der Waals surface area contributed by atoms with Crippen molar-refractivity contribution in [2.45, 2.75) is 19.4 Å². The minimum absolute atomic E-state index is 0.263. The average molecular weight is 295 g/mol. The van der Waals surface area contributed by atoms with Crippen molar-refractivity contribution in [3.63, 3.8) is 0 Å². The Bertz CT molecular complexity index is 463. The summed E-state index contributed by atoms with van der Waals surface area (Å²) in [5.41, 5.74) is 5.40. The standard InChI is InChI=1S/C13H21N5OS/c1-13(2,19)9-17-3-5-18(6-4-17)11-8-15-10(7-16-11)12(14)20/h7-8,19H,3-6,9H2,1-2H3,(H2,14,20). The fourth-order valence-corrected chi connectivity index (χ4v) is 2.40. The van der Waals surface area contributed by atoms with Crippen LogP contribution in [0.5, 0.6) is 0 Å². The number of aliphatic hydroxyl groups is 1. The van der Waals surface area contributed by atoms with Crippen LogP contribution in [0.25, 0.3) is 0 Å². The number of aromatic nitrogens is 2. The summed E-state index contributed by atoms with van der Waals surface area (Å²) in [6, 6.07) is 0. The third-order valence-electron chi connectivity index (χ3n) is 3.20. The van der Waals surface area contributed by atoms with E-state index in [0.29, 0.717) is 12.2 Å². The Hall–Kier alpha value is -1.31. The highest BCUT2D eigenvalue weighted by Crippen LogP contribution is 2.14. The number of hydrogen-bond donors (Lipinski definition) is 2. The summed E-state index contributed by atoms with van der Waals surface area (Å²) in [5.74, 6) is 0.841. The fourth-order valence-electron chi connectivity index (χ4n) is 2.29. The maximum absolute atomic E-state index is 9.83. The molecule has 0 bridgehead atoms. The quantitative estimate of drug-likeness (QED) is 0.757. The van der Waals surface area contributed by atoms with E-state index in [0.717, 1.165) is 32.0 Å². The molecule has 1 aliphatic rings. The van der Waals surface area contributed by atoms with Crippen molar-refractivity contribution in [1.29, 1.82) is 0 Å². The van der Waals surface area contributed by atoms with Crippen LogP contribution in [0.4, 0.5) is 5.82 Å². The van der Waals surface area contributed by atoms with Crippen molar-refractivity contribution < 1.29 is 5.11 Å². The van der Waals surface area contributed by atoms with Crippen LogP contribution in [0.15, 0.2) is 12.4 Å². The molecular weight excluding hydrogens is 274 g/mol. The molecule has 7 heteroatoms. The molecule has 2 rings (SSSR count). The van der Waals surface area contributed by atoms with Crippen molar-refractivity contribution >= 4 is 23.0 Å². The van der Waals surface area contributed by atoms with E-state index in [4.69, 9.17) is 18.0 Å². The number of rotatable bonds is 4. The molecule has 1 aromatic rings. The monoisotopic (exact) mass is 295 g/mol. The lowest BCUT2D eigenvalue weighted by Crippen LogP contribution is -2.50. The van der Waals surface area contributed by atoms with Gasteiger partial charge in [-0.3, -0.25) is 4.90 Å². The van der Waals surface area contributed by atoms with Crippen LogP contribution in [0.1, 0.15) is 19.5 Å².